The van der Waals surface area contributed by atoms with Crippen molar-refractivity contribution in [1.29, 1.82) is 0 Å². The summed E-state index contributed by atoms with van der Waals surface area (Å²) in [5.41, 5.74) is 14.0. The van der Waals surface area contributed by atoms with Crippen LogP contribution in [0, 0.1) is 0 Å². The van der Waals surface area contributed by atoms with E-state index in [-0.39, 0.29) is 73.0 Å². The normalized spacial score (nSPS) is 14.3. The summed E-state index contributed by atoms with van der Waals surface area (Å²) < 4.78 is 95.1. The summed E-state index contributed by atoms with van der Waals surface area (Å²) in [6, 6.07) is 27.1. The average molecular weight is 956 g/mol. The molecule has 0 aliphatic carbocycles. The van der Waals surface area contributed by atoms with Crippen LogP contribution in [0.15, 0.2) is 108 Å². The Labute approximate surface area is 389 Å². The van der Waals surface area contributed by atoms with Crippen LogP contribution in [0.25, 0.3) is 22.5 Å². The molecule has 6 aromatic rings. The van der Waals surface area contributed by atoms with Gasteiger partial charge in [-0.1, -0.05) is 54.6 Å². The molecule has 0 saturated carbocycles. The predicted octanol–water partition coefficient (Wildman–Crippen LogP) is 6.26. The Bertz CT molecular complexity index is 2900. The number of methoxy groups -OCH3 is 3. The first-order valence-corrected chi connectivity index (χ1v) is 23.9. The van der Waals surface area contributed by atoms with E-state index in [0.717, 1.165) is 5.56 Å². The van der Waals surface area contributed by atoms with Gasteiger partial charge in [-0.15, -0.1) is 10.2 Å². The zero-order chi connectivity index (χ0) is 48.3. The van der Waals surface area contributed by atoms with Crippen molar-refractivity contribution in [2.75, 3.05) is 50.2 Å². The Morgan fingerprint density at radius 2 is 1.33 bits per heavy atom. The molecule has 1 aliphatic heterocycles. The number of carbonyl (C=O) groups excluding carboxylic acids is 1. The number of nitrogens with zero attached hydrogens (tertiary/aromatic N) is 7. The van der Waals surface area contributed by atoms with Gasteiger partial charge in [0.05, 0.1) is 56.5 Å². The van der Waals surface area contributed by atoms with E-state index in [1.54, 1.807) is 119 Å². The first kappa shape index (κ1) is 48.0. The van der Waals surface area contributed by atoms with Gasteiger partial charge in [-0.25, -0.2) is 17.5 Å². The van der Waals surface area contributed by atoms with Gasteiger partial charge in [0.15, 0.2) is 0 Å². The highest BCUT2D eigenvalue weighted by atomic mass is 32.2. The van der Waals surface area contributed by atoms with Crippen molar-refractivity contribution < 1.29 is 45.1 Å². The molecule has 1 fully saturated rings. The minimum absolute atomic E-state index is 0.00449. The second-order valence-corrected chi connectivity index (χ2v) is 19.9. The van der Waals surface area contributed by atoms with E-state index in [4.69, 9.17) is 35.5 Å². The number of nitrogens with two attached hydrogens (primary N) is 2. The molecule has 5 N–H and O–H groups in total. The van der Waals surface area contributed by atoms with Crippen molar-refractivity contribution in [2.45, 2.75) is 63.4 Å². The summed E-state index contributed by atoms with van der Waals surface area (Å²) in [6.07, 6.45) is -0.718. The first-order chi connectivity index (χ1) is 31.8. The largest absolute Gasteiger partial charge is 0.497 e. The maximum atomic E-state index is 16.2. The molecule has 1 saturated heterocycles. The van der Waals surface area contributed by atoms with E-state index >= 15 is 8.42 Å². The van der Waals surface area contributed by atoms with Crippen molar-refractivity contribution in [2.24, 2.45) is 0 Å². The third kappa shape index (κ3) is 10.9. The van der Waals surface area contributed by atoms with Gasteiger partial charge in [0.25, 0.3) is 0 Å². The Kier molecular flexibility index (Phi) is 14.0. The molecule has 1 atom stereocenters. The predicted molar refractivity (Wildman–Crippen MR) is 252 cm³/mol. The highest BCUT2D eigenvalue weighted by Crippen LogP contribution is 2.46. The van der Waals surface area contributed by atoms with Crippen LogP contribution in [0.5, 0.6) is 17.2 Å². The van der Waals surface area contributed by atoms with Gasteiger partial charge < -0.3 is 35.3 Å². The fourth-order valence-electron chi connectivity index (χ4n) is 7.73. The number of tetrazole rings is 1. The van der Waals surface area contributed by atoms with E-state index in [1.807, 2.05) is 0 Å². The molecule has 0 spiro atoms. The maximum Gasteiger partial charge on any atom is 0.410 e. The van der Waals surface area contributed by atoms with Crippen LogP contribution in [0.1, 0.15) is 43.9 Å². The zero-order valence-corrected chi connectivity index (χ0v) is 39.5. The minimum Gasteiger partial charge on any atom is -0.497 e. The van der Waals surface area contributed by atoms with Crippen molar-refractivity contribution in [1.82, 2.24) is 29.4 Å². The molecule has 5 aromatic carbocycles. The summed E-state index contributed by atoms with van der Waals surface area (Å²) in [4.78, 5) is 15.3. The molecule has 19 nitrogen and oxygen atoms in total. The fourth-order valence-corrected chi connectivity index (χ4v) is 10.5. The van der Waals surface area contributed by atoms with Crippen LogP contribution >= 0.6 is 0 Å². The number of rotatable bonds is 16. The molecule has 1 unspecified atom stereocenters. The zero-order valence-electron chi connectivity index (χ0n) is 37.9. The lowest BCUT2D eigenvalue weighted by molar-refractivity contribution is 0.0292. The quantitative estimate of drug-likeness (QED) is 0.0716. The molecule has 7 rings (SSSR count). The minimum atomic E-state index is -5.33. The highest BCUT2D eigenvalue weighted by Gasteiger charge is 2.43. The van der Waals surface area contributed by atoms with Crippen LogP contribution in [0.4, 0.5) is 21.9 Å². The Morgan fingerprint density at radius 3 is 1.85 bits per heavy atom. The van der Waals surface area contributed by atoms with E-state index in [1.165, 1.54) is 40.4 Å². The number of hydrogen-bond acceptors (Lipinski definition) is 14. The highest BCUT2D eigenvalue weighted by molar-refractivity contribution is 7.90. The molecule has 67 heavy (non-hydrogen) atoms. The van der Waals surface area contributed by atoms with Gasteiger partial charge in [-0.3, -0.25) is 4.55 Å². The van der Waals surface area contributed by atoms with E-state index in [2.05, 4.69) is 10.3 Å². The lowest BCUT2D eigenvalue weighted by atomic mass is 9.96. The molecule has 354 valence electrons. The Balaban J connectivity index is 1.51. The summed E-state index contributed by atoms with van der Waals surface area (Å²) >= 11 is 0. The van der Waals surface area contributed by atoms with Crippen molar-refractivity contribution >= 4 is 43.5 Å². The number of para-hydroxylation sites is 1. The third-order valence-corrected chi connectivity index (χ3v) is 13.9. The number of sulfonamides is 1. The Hall–Kier alpha value is -6.94. The average Bonchev–Trinajstić information content (AvgIpc) is 3.97. The second kappa shape index (κ2) is 19.5. The molecule has 2 heterocycles. The number of amides is 1. The standard InChI is InChI=1S/C46H53N9O10S2/c1-46(2,3)65-45(56)52-25-24-33(29-52)55(67(59,60)61)40-23-22-37(38-8-7-9-39(47)42(38)48)41(44-49-51-54(50-44)28-32-14-20-36(64-6)21-15-32)43(40)66(57,58)53(26-30-10-16-34(62-4)17-11-30)27-31-12-18-35(63-5)19-13-31/h7-23,33H,24-29,47-48H2,1-6H3,(H,59,60,61). The lowest BCUT2D eigenvalue weighted by Gasteiger charge is -2.32. The van der Waals surface area contributed by atoms with Crippen molar-refractivity contribution in [3.63, 3.8) is 0 Å². The van der Waals surface area contributed by atoms with Gasteiger partial charge >= 0.3 is 16.4 Å². The number of carbonyl (C=O) groups is 1. The number of ether oxygens (including phenoxy) is 4. The number of anilines is 3. The SMILES string of the molecule is COc1ccc(CN(Cc2ccc(OC)cc2)S(=O)(=O)c2c(N(C3CCN(C(=O)OC(C)(C)C)C3)S(=O)(=O)O)ccc(-c3cccc(N)c3N)c2-c2nnn(Cc3ccc(OC)cc3)n2)cc1. The monoisotopic (exact) mass is 955 g/mol. The number of nitrogen functional groups attached to an aromatic ring is 2. The lowest BCUT2D eigenvalue weighted by Crippen LogP contribution is -2.44. The molecule has 1 aromatic heterocycles. The molecule has 0 bridgehead atoms. The van der Waals surface area contributed by atoms with Crippen LogP contribution < -0.4 is 30.0 Å². The Morgan fingerprint density at radius 1 is 0.776 bits per heavy atom. The van der Waals surface area contributed by atoms with Gasteiger partial charge in [0, 0.05) is 31.7 Å². The fraction of sp³-hybridized carbons (Fsp3) is 0.304. The number of aromatic nitrogens is 4. The second-order valence-electron chi connectivity index (χ2n) is 16.7. The summed E-state index contributed by atoms with van der Waals surface area (Å²) in [5, 5.41) is 13.4. The molecule has 1 aliphatic rings. The first-order valence-electron chi connectivity index (χ1n) is 21.0. The number of hydrogen-bond donors (Lipinski definition) is 3. The van der Waals surface area contributed by atoms with Crippen LogP contribution in [0.2, 0.25) is 0 Å². The van der Waals surface area contributed by atoms with E-state index in [9.17, 15) is 17.8 Å². The molecule has 1 amide bonds. The van der Waals surface area contributed by atoms with Crippen LogP contribution in [0.3, 0.4) is 0 Å². The maximum absolute atomic E-state index is 16.2. The number of benzene rings is 5. The van der Waals surface area contributed by atoms with Crippen LogP contribution in [-0.4, -0.2) is 103 Å². The molecular weight excluding hydrogens is 903 g/mol. The topological polar surface area (TPSA) is 248 Å². The molecule has 0 radical (unpaired) electrons. The smallest absolute Gasteiger partial charge is 0.410 e. The van der Waals surface area contributed by atoms with Crippen molar-refractivity contribution in [3.05, 3.63) is 120 Å². The summed E-state index contributed by atoms with van der Waals surface area (Å²) in [6.45, 7) is 4.48. The van der Waals surface area contributed by atoms with E-state index < -0.39 is 48.6 Å². The molecule has 21 heteroatoms. The van der Waals surface area contributed by atoms with Gasteiger partial charge in [-0.2, -0.15) is 17.5 Å². The summed E-state index contributed by atoms with van der Waals surface area (Å²) in [7, 11) is -5.75. The molecular formula is C46H53N9O10S2. The number of likely N-dealkylation sites (tertiary alicyclic amines) is 1. The van der Waals surface area contributed by atoms with Crippen molar-refractivity contribution in [3.8, 4) is 39.8 Å². The van der Waals surface area contributed by atoms with Gasteiger partial charge in [-0.05, 0) is 103 Å². The summed E-state index contributed by atoms with van der Waals surface area (Å²) in [5.74, 6) is 1.47. The van der Waals surface area contributed by atoms with Gasteiger partial charge in [0.1, 0.15) is 27.7 Å². The third-order valence-electron chi connectivity index (χ3n) is 11.0. The van der Waals surface area contributed by atoms with Gasteiger partial charge in [0.2, 0.25) is 15.8 Å². The van der Waals surface area contributed by atoms with E-state index in [0.29, 0.717) is 32.7 Å². The van der Waals surface area contributed by atoms with Crippen LogP contribution in [-0.2, 0) is 44.7 Å².